The Morgan fingerprint density at radius 2 is 1.94 bits per heavy atom. The lowest BCUT2D eigenvalue weighted by molar-refractivity contribution is 0.0673. The molecule has 88 valence electrons. The Hall–Kier alpha value is -1.11. The predicted octanol–water partition coefficient (Wildman–Crippen LogP) is 3.18. The standard InChI is InChI=1S/C9H5BrF4O2/c1-16-8-4(10)2-3(5(11)6(8)12)7(15)9(13)14/h2,9H,1H3. The fourth-order valence-electron chi connectivity index (χ4n) is 1.06. The Morgan fingerprint density at radius 1 is 1.38 bits per heavy atom. The zero-order valence-electron chi connectivity index (χ0n) is 7.86. The van der Waals surface area contributed by atoms with Crippen LogP contribution in [0.25, 0.3) is 0 Å². The number of ketones is 1. The highest BCUT2D eigenvalue weighted by Gasteiger charge is 2.27. The molecular weight excluding hydrogens is 296 g/mol. The number of ether oxygens (including phenoxy) is 1. The summed E-state index contributed by atoms with van der Waals surface area (Å²) in [6.07, 6.45) is -3.39. The van der Waals surface area contributed by atoms with Gasteiger partial charge >= 0.3 is 6.43 Å². The zero-order valence-corrected chi connectivity index (χ0v) is 9.45. The minimum atomic E-state index is -3.39. The number of hydrogen-bond donors (Lipinski definition) is 0. The van der Waals surface area contributed by atoms with Crippen LogP contribution in [0.2, 0.25) is 0 Å². The number of alkyl halides is 2. The van der Waals surface area contributed by atoms with Crippen molar-refractivity contribution in [3.63, 3.8) is 0 Å². The molecule has 0 bridgehead atoms. The first-order chi connectivity index (χ1) is 7.40. The van der Waals surface area contributed by atoms with Gasteiger partial charge in [0.05, 0.1) is 17.1 Å². The highest BCUT2D eigenvalue weighted by atomic mass is 79.9. The van der Waals surface area contributed by atoms with Crippen molar-refractivity contribution in [3.05, 3.63) is 27.7 Å². The predicted molar refractivity (Wildman–Crippen MR) is 50.9 cm³/mol. The van der Waals surface area contributed by atoms with Gasteiger partial charge in [-0.05, 0) is 22.0 Å². The minimum Gasteiger partial charge on any atom is -0.492 e. The molecule has 0 spiro atoms. The molecule has 7 heteroatoms. The summed E-state index contributed by atoms with van der Waals surface area (Å²) in [6.45, 7) is 0. The fourth-order valence-corrected chi connectivity index (χ4v) is 1.63. The zero-order chi connectivity index (χ0) is 12.5. The summed E-state index contributed by atoms with van der Waals surface area (Å²) in [6, 6.07) is 0.756. The highest BCUT2D eigenvalue weighted by molar-refractivity contribution is 9.10. The molecule has 0 amide bonds. The van der Waals surface area contributed by atoms with Gasteiger partial charge in [0.25, 0.3) is 0 Å². The van der Waals surface area contributed by atoms with Gasteiger partial charge in [-0.1, -0.05) is 0 Å². The first-order valence-corrected chi connectivity index (χ1v) is 4.73. The summed E-state index contributed by atoms with van der Waals surface area (Å²) in [5.41, 5.74) is -1.01. The minimum absolute atomic E-state index is 0.113. The van der Waals surface area contributed by atoms with Crippen molar-refractivity contribution < 1.29 is 27.1 Å². The Kier molecular flexibility index (Phi) is 3.90. The maximum atomic E-state index is 13.2. The number of halogens is 5. The molecule has 0 heterocycles. The molecule has 1 rings (SSSR count). The van der Waals surface area contributed by atoms with E-state index in [9.17, 15) is 22.4 Å². The van der Waals surface area contributed by atoms with Crippen molar-refractivity contribution in [2.45, 2.75) is 6.43 Å². The highest BCUT2D eigenvalue weighted by Crippen LogP contribution is 2.32. The molecule has 0 fully saturated rings. The third kappa shape index (κ3) is 2.18. The molecule has 0 N–H and O–H groups in total. The lowest BCUT2D eigenvalue weighted by Gasteiger charge is -2.08. The third-order valence-electron chi connectivity index (χ3n) is 1.78. The largest absolute Gasteiger partial charge is 0.492 e. The Morgan fingerprint density at radius 3 is 2.38 bits per heavy atom. The SMILES string of the molecule is COc1c(Br)cc(C(=O)C(F)F)c(F)c1F. The van der Waals surface area contributed by atoms with E-state index in [4.69, 9.17) is 0 Å². The van der Waals surface area contributed by atoms with Crippen LogP contribution in [0.1, 0.15) is 10.4 Å². The quantitative estimate of drug-likeness (QED) is 0.487. The summed E-state index contributed by atoms with van der Waals surface area (Å²) in [5.74, 6) is -5.39. The van der Waals surface area contributed by atoms with Crippen LogP contribution >= 0.6 is 15.9 Å². The topological polar surface area (TPSA) is 26.3 Å². The summed E-state index contributed by atoms with van der Waals surface area (Å²) < 4.78 is 54.9. The van der Waals surface area contributed by atoms with Crippen LogP contribution in [0.15, 0.2) is 10.5 Å². The van der Waals surface area contributed by atoms with Crippen LogP contribution in [-0.4, -0.2) is 19.3 Å². The van der Waals surface area contributed by atoms with Gasteiger partial charge in [0.1, 0.15) is 0 Å². The molecular formula is C9H5BrF4O2. The number of carbonyl (C=O) groups is 1. The molecule has 16 heavy (non-hydrogen) atoms. The Balaban J connectivity index is 3.40. The number of benzene rings is 1. The number of carbonyl (C=O) groups excluding carboxylic acids is 1. The van der Waals surface area contributed by atoms with E-state index in [1.807, 2.05) is 0 Å². The molecule has 1 aromatic rings. The molecule has 0 saturated carbocycles. The van der Waals surface area contributed by atoms with E-state index in [0.29, 0.717) is 0 Å². The van der Waals surface area contributed by atoms with Crippen molar-refractivity contribution in [1.29, 1.82) is 0 Å². The van der Waals surface area contributed by atoms with E-state index in [0.717, 1.165) is 13.2 Å². The number of methoxy groups -OCH3 is 1. The van der Waals surface area contributed by atoms with Crippen LogP contribution in [0.3, 0.4) is 0 Å². The van der Waals surface area contributed by atoms with Crippen LogP contribution in [0.4, 0.5) is 17.6 Å². The van der Waals surface area contributed by atoms with Gasteiger partial charge in [-0.2, -0.15) is 4.39 Å². The maximum absolute atomic E-state index is 13.2. The molecule has 0 radical (unpaired) electrons. The first-order valence-electron chi connectivity index (χ1n) is 3.94. The van der Waals surface area contributed by atoms with Gasteiger partial charge in [0, 0.05) is 0 Å². The van der Waals surface area contributed by atoms with Gasteiger partial charge in [-0.3, -0.25) is 4.79 Å². The number of hydrogen-bond acceptors (Lipinski definition) is 2. The number of Topliss-reactive ketones (excluding diaryl/α,β-unsaturated/α-hetero) is 1. The van der Waals surface area contributed by atoms with E-state index in [2.05, 4.69) is 20.7 Å². The van der Waals surface area contributed by atoms with Gasteiger partial charge in [-0.25, -0.2) is 13.2 Å². The summed E-state index contributed by atoms with van der Waals surface area (Å²) >= 11 is 2.78. The molecule has 0 aliphatic heterocycles. The molecule has 0 saturated heterocycles. The Labute approximate surface area is 96.3 Å². The first kappa shape index (κ1) is 13.0. The molecule has 0 aliphatic carbocycles. The van der Waals surface area contributed by atoms with Crippen molar-refractivity contribution in [1.82, 2.24) is 0 Å². The van der Waals surface area contributed by atoms with E-state index >= 15 is 0 Å². The van der Waals surface area contributed by atoms with Crippen LogP contribution in [0.5, 0.6) is 5.75 Å². The molecule has 0 unspecified atom stereocenters. The smallest absolute Gasteiger partial charge is 0.300 e. The molecule has 0 aliphatic rings. The Bertz CT molecular complexity index is 434. The van der Waals surface area contributed by atoms with Crippen LogP contribution in [-0.2, 0) is 0 Å². The molecule has 0 aromatic heterocycles. The van der Waals surface area contributed by atoms with Crippen molar-refractivity contribution >= 4 is 21.7 Å². The average Bonchev–Trinajstić information content (AvgIpc) is 2.23. The van der Waals surface area contributed by atoms with E-state index < -0.39 is 35.2 Å². The molecule has 1 aromatic carbocycles. The van der Waals surface area contributed by atoms with Gasteiger partial charge in [0.2, 0.25) is 11.6 Å². The van der Waals surface area contributed by atoms with Crippen molar-refractivity contribution in [3.8, 4) is 5.75 Å². The summed E-state index contributed by atoms with van der Waals surface area (Å²) in [4.78, 5) is 10.9. The van der Waals surface area contributed by atoms with Gasteiger partial charge in [0.15, 0.2) is 11.6 Å². The third-order valence-corrected chi connectivity index (χ3v) is 2.37. The van der Waals surface area contributed by atoms with Crippen molar-refractivity contribution in [2.75, 3.05) is 7.11 Å². The second kappa shape index (κ2) is 4.82. The van der Waals surface area contributed by atoms with E-state index in [1.165, 1.54) is 0 Å². The monoisotopic (exact) mass is 300 g/mol. The van der Waals surface area contributed by atoms with Crippen LogP contribution < -0.4 is 4.74 Å². The lowest BCUT2D eigenvalue weighted by Crippen LogP contribution is -2.14. The second-order valence-corrected chi connectivity index (χ2v) is 3.59. The fraction of sp³-hybridized carbons (Fsp3) is 0.222. The molecule has 0 atom stereocenters. The maximum Gasteiger partial charge on any atom is 0.300 e. The molecule has 2 nitrogen and oxygen atoms in total. The van der Waals surface area contributed by atoms with E-state index in [-0.39, 0.29) is 4.47 Å². The summed E-state index contributed by atoms with van der Waals surface area (Å²) in [7, 11) is 1.08. The normalized spacial score (nSPS) is 10.7. The van der Waals surface area contributed by atoms with Crippen molar-refractivity contribution in [2.24, 2.45) is 0 Å². The summed E-state index contributed by atoms with van der Waals surface area (Å²) in [5, 5.41) is 0. The lowest BCUT2D eigenvalue weighted by atomic mass is 10.1. The average molecular weight is 301 g/mol. The van der Waals surface area contributed by atoms with Crippen LogP contribution in [0, 0.1) is 11.6 Å². The van der Waals surface area contributed by atoms with Gasteiger partial charge < -0.3 is 4.74 Å². The van der Waals surface area contributed by atoms with E-state index in [1.54, 1.807) is 0 Å². The number of rotatable bonds is 3. The second-order valence-electron chi connectivity index (χ2n) is 2.73. The van der Waals surface area contributed by atoms with Gasteiger partial charge in [-0.15, -0.1) is 0 Å².